The van der Waals surface area contributed by atoms with Gasteiger partial charge < -0.3 is 14.2 Å². The molecule has 0 atom stereocenters. The second kappa shape index (κ2) is 6.52. The van der Waals surface area contributed by atoms with Gasteiger partial charge in [-0.1, -0.05) is 0 Å². The van der Waals surface area contributed by atoms with Crippen molar-refractivity contribution in [2.75, 3.05) is 14.2 Å². The minimum Gasteiger partial charge on any atom is -0.448 e. The first-order valence-electron chi connectivity index (χ1n) is 2.13. The highest BCUT2D eigenvalue weighted by Gasteiger charge is 1.63. The van der Waals surface area contributed by atoms with Gasteiger partial charge in [-0.15, -0.1) is 0 Å². The summed E-state index contributed by atoms with van der Waals surface area (Å²) in [6, 6.07) is 0. The van der Waals surface area contributed by atoms with Gasteiger partial charge in [-0.25, -0.2) is 0 Å². The van der Waals surface area contributed by atoms with E-state index in [-0.39, 0.29) is 0 Å². The maximum absolute atomic E-state index is 4.34. The third-order valence-corrected chi connectivity index (χ3v) is 0.390. The standard InChI is InChI=1S/C6H6O3/c1-7-3-5-9-6-4-8-2/h1-2H3. The second-order valence-electron chi connectivity index (χ2n) is 0.919. The van der Waals surface area contributed by atoms with E-state index in [0.29, 0.717) is 0 Å². The van der Waals surface area contributed by atoms with Crippen LogP contribution in [0.25, 0.3) is 0 Å². The van der Waals surface area contributed by atoms with E-state index in [1.807, 2.05) is 0 Å². The summed E-state index contributed by atoms with van der Waals surface area (Å²) >= 11 is 0. The topological polar surface area (TPSA) is 27.7 Å². The lowest BCUT2D eigenvalue weighted by Gasteiger charge is -1.76. The molecule has 3 nitrogen and oxygen atoms in total. The van der Waals surface area contributed by atoms with E-state index in [4.69, 9.17) is 0 Å². The first kappa shape index (κ1) is 7.52. The molecule has 48 valence electrons. The van der Waals surface area contributed by atoms with Gasteiger partial charge >= 0.3 is 0 Å². The van der Waals surface area contributed by atoms with Crippen LogP contribution in [0, 0.1) is 24.4 Å². The van der Waals surface area contributed by atoms with E-state index in [0.717, 1.165) is 0 Å². The van der Waals surface area contributed by atoms with Crippen LogP contribution in [-0.4, -0.2) is 14.2 Å². The fourth-order valence-electron chi connectivity index (χ4n) is 0.151. The van der Waals surface area contributed by atoms with Crippen LogP contribution >= 0.6 is 0 Å². The average molecular weight is 126 g/mol. The Morgan fingerprint density at radius 1 is 0.778 bits per heavy atom. The van der Waals surface area contributed by atoms with E-state index >= 15 is 0 Å². The molecule has 0 rings (SSSR count). The van der Waals surface area contributed by atoms with Gasteiger partial charge in [-0.3, -0.25) is 0 Å². The molecule has 0 spiro atoms. The van der Waals surface area contributed by atoms with Gasteiger partial charge in [0.15, 0.2) is 24.4 Å². The molecule has 3 heteroatoms. The second-order valence-corrected chi connectivity index (χ2v) is 0.919. The molecule has 0 bridgehead atoms. The SMILES string of the molecule is COC#COC#COC. The molecule has 0 fully saturated rings. The van der Waals surface area contributed by atoms with Crippen LogP contribution in [0.15, 0.2) is 0 Å². The molecule has 0 aromatic rings. The van der Waals surface area contributed by atoms with Crippen LogP contribution in [0.1, 0.15) is 0 Å². The van der Waals surface area contributed by atoms with Gasteiger partial charge in [0.2, 0.25) is 0 Å². The van der Waals surface area contributed by atoms with E-state index in [1.54, 1.807) is 0 Å². The summed E-state index contributed by atoms with van der Waals surface area (Å²) in [4.78, 5) is 0. The van der Waals surface area contributed by atoms with Crippen molar-refractivity contribution >= 4 is 0 Å². The van der Waals surface area contributed by atoms with E-state index in [1.165, 1.54) is 14.2 Å². The van der Waals surface area contributed by atoms with Crippen molar-refractivity contribution in [3.05, 3.63) is 0 Å². The largest absolute Gasteiger partial charge is 0.448 e. The smallest absolute Gasteiger partial charge is 0.173 e. The number of ether oxygens (including phenoxy) is 3. The molecule has 0 aromatic heterocycles. The molecule has 0 unspecified atom stereocenters. The van der Waals surface area contributed by atoms with Crippen LogP contribution in [-0.2, 0) is 14.2 Å². The van der Waals surface area contributed by atoms with E-state index in [2.05, 4.69) is 38.6 Å². The molecular formula is C6H6O3. The molecule has 0 aromatic carbocycles. The summed E-state index contributed by atoms with van der Waals surface area (Å²) in [5.41, 5.74) is 0. The first-order chi connectivity index (χ1) is 4.41. The zero-order valence-electron chi connectivity index (χ0n) is 5.22. The van der Waals surface area contributed by atoms with Gasteiger partial charge in [0.05, 0.1) is 14.2 Å². The molecule has 0 aliphatic heterocycles. The number of hydrogen-bond acceptors (Lipinski definition) is 3. The van der Waals surface area contributed by atoms with Crippen LogP contribution in [0.5, 0.6) is 0 Å². The van der Waals surface area contributed by atoms with Crippen LogP contribution in [0.4, 0.5) is 0 Å². The van der Waals surface area contributed by atoms with Crippen molar-refractivity contribution in [2.45, 2.75) is 0 Å². The predicted molar refractivity (Wildman–Crippen MR) is 30.7 cm³/mol. The van der Waals surface area contributed by atoms with Crippen molar-refractivity contribution in [1.82, 2.24) is 0 Å². The fourth-order valence-corrected chi connectivity index (χ4v) is 0.151. The molecule has 9 heavy (non-hydrogen) atoms. The van der Waals surface area contributed by atoms with Crippen molar-refractivity contribution < 1.29 is 14.2 Å². The van der Waals surface area contributed by atoms with Crippen molar-refractivity contribution in [3.8, 4) is 24.4 Å². The molecular weight excluding hydrogens is 120 g/mol. The molecule has 0 saturated heterocycles. The van der Waals surface area contributed by atoms with Crippen molar-refractivity contribution in [2.24, 2.45) is 0 Å². The highest BCUT2D eigenvalue weighted by atomic mass is 16.5. The van der Waals surface area contributed by atoms with Crippen LogP contribution in [0.2, 0.25) is 0 Å². The Hall–Kier alpha value is -1.48. The Labute approximate surface area is 53.9 Å². The normalized spacial score (nSPS) is 5.11. The molecule has 0 saturated carbocycles. The summed E-state index contributed by atoms with van der Waals surface area (Å²) in [7, 11) is 2.86. The van der Waals surface area contributed by atoms with Gasteiger partial charge in [-0.05, 0) is 0 Å². The molecule has 0 N–H and O–H groups in total. The van der Waals surface area contributed by atoms with Gasteiger partial charge in [0.1, 0.15) is 0 Å². The zero-order chi connectivity index (χ0) is 6.95. The Morgan fingerprint density at radius 3 is 1.56 bits per heavy atom. The average Bonchev–Trinajstić information content (AvgIpc) is 1.89. The van der Waals surface area contributed by atoms with E-state index < -0.39 is 0 Å². The summed E-state index contributed by atoms with van der Waals surface area (Å²) in [6.07, 6.45) is 8.64. The van der Waals surface area contributed by atoms with E-state index in [9.17, 15) is 0 Å². The summed E-state index contributed by atoms with van der Waals surface area (Å²) < 4.78 is 13.0. The molecule has 0 aliphatic rings. The number of hydrogen-bond donors (Lipinski definition) is 0. The maximum Gasteiger partial charge on any atom is 0.173 e. The molecule has 0 aliphatic carbocycles. The van der Waals surface area contributed by atoms with Crippen molar-refractivity contribution in [3.63, 3.8) is 0 Å². The Kier molecular flexibility index (Phi) is 5.45. The summed E-state index contributed by atoms with van der Waals surface area (Å²) in [5, 5.41) is 0. The lowest BCUT2D eigenvalue weighted by molar-refractivity contribution is 0.350. The molecule has 0 amide bonds. The predicted octanol–water partition coefficient (Wildman–Crippen LogP) is 0.133. The Balaban J connectivity index is 3.28. The number of methoxy groups -OCH3 is 2. The molecule has 0 heterocycles. The van der Waals surface area contributed by atoms with Gasteiger partial charge in [0.25, 0.3) is 0 Å². The van der Waals surface area contributed by atoms with Gasteiger partial charge in [0, 0.05) is 0 Å². The first-order valence-corrected chi connectivity index (χ1v) is 2.13. The highest BCUT2D eigenvalue weighted by molar-refractivity contribution is 4.89. The minimum absolute atomic E-state index is 1.43. The maximum atomic E-state index is 4.34. The monoisotopic (exact) mass is 126 g/mol. The third kappa shape index (κ3) is 6.52. The lowest BCUT2D eigenvalue weighted by atomic mass is 11.1. The van der Waals surface area contributed by atoms with Crippen LogP contribution in [0.3, 0.4) is 0 Å². The van der Waals surface area contributed by atoms with Crippen LogP contribution < -0.4 is 0 Å². The third-order valence-electron chi connectivity index (χ3n) is 0.390. The Bertz CT molecular complexity index is 144. The zero-order valence-corrected chi connectivity index (χ0v) is 5.22. The lowest BCUT2D eigenvalue weighted by Crippen LogP contribution is -1.71. The minimum atomic E-state index is 1.43. The van der Waals surface area contributed by atoms with Crippen molar-refractivity contribution in [1.29, 1.82) is 0 Å². The van der Waals surface area contributed by atoms with Gasteiger partial charge in [-0.2, -0.15) is 0 Å². The summed E-state index contributed by atoms with van der Waals surface area (Å²) in [6.45, 7) is 0. The highest BCUT2D eigenvalue weighted by Crippen LogP contribution is 1.63. The Morgan fingerprint density at radius 2 is 1.22 bits per heavy atom. The molecule has 0 radical (unpaired) electrons. The quantitative estimate of drug-likeness (QED) is 0.432. The number of rotatable bonds is 0. The fraction of sp³-hybridized carbons (Fsp3) is 0.333. The summed E-state index contributed by atoms with van der Waals surface area (Å²) in [5.74, 6) is 0.